The molecule has 2 nitrogen and oxygen atoms in total. The van der Waals surface area contributed by atoms with E-state index in [1.165, 1.54) is 12.7 Å². The van der Waals surface area contributed by atoms with Gasteiger partial charge in [-0.3, -0.25) is 0 Å². The Hall–Kier alpha value is -0.960. The van der Waals surface area contributed by atoms with E-state index >= 15 is 0 Å². The number of carbonyl (C=O) groups is 1. The molecule has 15 heavy (non-hydrogen) atoms. The Bertz CT molecular complexity index is 347. The maximum absolute atomic E-state index is 11.4. The molecule has 0 aliphatic heterocycles. The molecular formula is C12H16O2S. The van der Waals surface area contributed by atoms with Crippen LogP contribution in [-0.2, 0) is 11.2 Å². The van der Waals surface area contributed by atoms with Crippen LogP contribution < -0.4 is 0 Å². The summed E-state index contributed by atoms with van der Waals surface area (Å²) in [5.74, 6) is 0.747. The quantitative estimate of drug-likeness (QED) is 0.580. The highest BCUT2D eigenvalue weighted by atomic mass is 32.2. The molecule has 0 radical (unpaired) electrons. The number of methoxy groups -OCH3 is 1. The third-order valence-electron chi connectivity index (χ3n) is 2.11. The van der Waals surface area contributed by atoms with Gasteiger partial charge in [0, 0.05) is 4.90 Å². The van der Waals surface area contributed by atoms with E-state index in [2.05, 4.69) is 19.9 Å². The second-order valence-corrected chi connectivity index (χ2v) is 4.48. The number of carbonyl (C=O) groups excluding carboxylic acids is 1. The first-order chi connectivity index (χ1) is 7.21. The fourth-order valence-electron chi connectivity index (χ4n) is 1.35. The molecule has 0 unspecified atom stereocenters. The first kappa shape index (κ1) is 12.1. The number of benzene rings is 1. The maximum Gasteiger partial charge on any atom is 0.337 e. The normalized spacial score (nSPS) is 10.1. The minimum Gasteiger partial charge on any atom is -0.465 e. The summed E-state index contributed by atoms with van der Waals surface area (Å²) in [6, 6.07) is 5.91. The zero-order valence-electron chi connectivity index (χ0n) is 9.37. The summed E-state index contributed by atoms with van der Waals surface area (Å²) in [6.45, 7) is 4.18. The zero-order valence-corrected chi connectivity index (χ0v) is 10.2. The van der Waals surface area contributed by atoms with Crippen LogP contribution in [0, 0.1) is 0 Å². The van der Waals surface area contributed by atoms with E-state index < -0.39 is 0 Å². The average Bonchev–Trinajstić information content (AvgIpc) is 2.28. The van der Waals surface area contributed by atoms with Crippen LogP contribution in [0.3, 0.4) is 0 Å². The van der Waals surface area contributed by atoms with Crippen LogP contribution in [0.15, 0.2) is 23.1 Å². The minimum atomic E-state index is -0.261. The van der Waals surface area contributed by atoms with Gasteiger partial charge < -0.3 is 4.74 Å². The Morgan fingerprint density at radius 2 is 2.07 bits per heavy atom. The van der Waals surface area contributed by atoms with Crippen LogP contribution in [0.4, 0.5) is 0 Å². The van der Waals surface area contributed by atoms with E-state index in [0.717, 1.165) is 17.1 Å². The van der Waals surface area contributed by atoms with Crippen LogP contribution in [0.1, 0.15) is 29.8 Å². The first-order valence-corrected chi connectivity index (χ1v) is 6.04. The van der Waals surface area contributed by atoms with Crippen LogP contribution in [0.2, 0.25) is 0 Å². The molecule has 0 bridgehead atoms. The summed E-state index contributed by atoms with van der Waals surface area (Å²) in [4.78, 5) is 12.5. The van der Waals surface area contributed by atoms with Crippen molar-refractivity contribution in [2.24, 2.45) is 0 Å². The molecule has 0 aliphatic carbocycles. The Morgan fingerprint density at radius 1 is 1.33 bits per heavy atom. The smallest absolute Gasteiger partial charge is 0.337 e. The van der Waals surface area contributed by atoms with Gasteiger partial charge in [0.2, 0.25) is 0 Å². The van der Waals surface area contributed by atoms with Gasteiger partial charge in [-0.2, -0.15) is 0 Å². The second kappa shape index (κ2) is 5.81. The van der Waals surface area contributed by atoms with Gasteiger partial charge in [0.15, 0.2) is 0 Å². The van der Waals surface area contributed by atoms with Crippen LogP contribution in [-0.4, -0.2) is 18.8 Å². The van der Waals surface area contributed by atoms with Crippen molar-refractivity contribution in [2.75, 3.05) is 12.9 Å². The highest BCUT2D eigenvalue weighted by Gasteiger charge is 2.08. The number of thioether (sulfide) groups is 1. The predicted octanol–water partition coefficient (Wildman–Crippen LogP) is 3.15. The molecular weight excluding hydrogens is 208 g/mol. The topological polar surface area (TPSA) is 26.3 Å². The number of hydrogen-bond acceptors (Lipinski definition) is 3. The van der Waals surface area contributed by atoms with Gasteiger partial charge in [-0.1, -0.05) is 13.8 Å². The fourth-order valence-corrected chi connectivity index (χ4v) is 2.13. The third kappa shape index (κ3) is 3.27. The van der Waals surface area contributed by atoms with Crippen LogP contribution in [0.5, 0.6) is 0 Å². The van der Waals surface area contributed by atoms with E-state index in [1.807, 2.05) is 12.1 Å². The van der Waals surface area contributed by atoms with Gasteiger partial charge in [-0.15, -0.1) is 11.8 Å². The van der Waals surface area contributed by atoms with Gasteiger partial charge in [0.1, 0.15) is 0 Å². The molecule has 0 heterocycles. The summed E-state index contributed by atoms with van der Waals surface area (Å²) in [5.41, 5.74) is 1.82. The minimum absolute atomic E-state index is 0.261. The van der Waals surface area contributed by atoms with Crippen molar-refractivity contribution >= 4 is 17.7 Å². The first-order valence-electron chi connectivity index (χ1n) is 5.06. The molecule has 0 saturated carbocycles. The third-order valence-corrected chi connectivity index (χ3v) is 2.96. The van der Waals surface area contributed by atoms with E-state index in [4.69, 9.17) is 4.74 Å². The van der Waals surface area contributed by atoms with Crippen molar-refractivity contribution in [1.29, 1.82) is 0 Å². The molecule has 1 rings (SSSR count). The monoisotopic (exact) mass is 224 g/mol. The molecule has 3 heteroatoms. The van der Waals surface area contributed by atoms with Crippen molar-refractivity contribution < 1.29 is 9.53 Å². The van der Waals surface area contributed by atoms with Crippen LogP contribution >= 0.6 is 11.8 Å². The Labute approximate surface area is 95.0 Å². The Kier molecular flexibility index (Phi) is 4.69. The van der Waals surface area contributed by atoms with Crippen molar-refractivity contribution in [2.45, 2.75) is 25.2 Å². The summed E-state index contributed by atoms with van der Waals surface area (Å²) in [5, 5.41) is 0. The SMILES string of the molecule is CCSc1cc(CC)cc(C(=O)OC)c1. The highest BCUT2D eigenvalue weighted by Crippen LogP contribution is 2.22. The Morgan fingerprint density at radius 3 is 2.60 bits per heavy atom. The van der Waals surface area contributed by atoms with Crippen molar-refractivity contribution in [3.05, 3.63) is 29.3 Å². The summed E-state index contributed by atoms with van der Waals surface area (Å²) in [7, 11) is 1.41. The van der Waals surface area contributed by atoms with Crippen molar-refractivity contribution in [1.82, 2.24) is 0 Å². The molecule has 1 aromatic rings. The standard InChI is InChI=1S/C12H16O2S/c1-4-9-6-10(12(13)14-3)8-11(7-9)15-5-2/h6-8H,4-5H2,1-3H3. The summed E-state index contributed by atoms with van der Waals surface area (Å²) in [6.07, 6.45) is 0.933. The molecule has 82 valence electrons. The number of esters is 1. The second-order valence-electron chi connectivity index (χ2n) is 3.14. The van der Waals surface area contributed by atoms with E-state index in [1.54, 1.807) is 11.8 Å². The molecule has 0 amide bonds. The van der Waals surface area contributed by atoms with E-state index in [-0.39, 0.29) is 5.97 Å². The lowest BCUT2D eigenvalue weighted by atomic mass is 10.1. The summed E-state index contributed by atoms with van der Waals surface area (Å²) >= 11 is 1.74. The fraction of sp³-hybridized carbons (Fsp3) is 0.417. The van der Waals surface area contributed by atoms with Gasteiger partial charge >= 0.3 is 5.97 Å². The van der Waals surface area contributed by atoms with E-state index in [9.17, 15) is 4.79 Å². The molecule has 1 aromatic carbocycles. The lowest BCUT2D eigenvalue weighted by molar-refractivity contribution is 0.0600. The number of aryl methyl sites for hydroxylation is 1. The summed E-state index contributed by atoms with van der Waals surface area (Å²) < 4.78 is 4.72. The van der Waals surface area contributed by atoms with Gasteiger partial charge in [0.05, 0.1) is 12.7 Å². The average molecular weight is 224 g/mol. The Balaban J connectivity index is 3.05. The molecule has 0 N–H and O–H groups in total. The number of rotatable bonds is 4. The van der Waals surface area contributed by atoms with Crippen molar-refractivity contribution in [3.8, 4) is 0 Å². The number of ether oxygens (including phenoxy) is 1. The van der Waals surface area contributed by atoms with Gasteiger partial charge in [-0.25, -0.2) is 4.79 Å². The molecule has 0 fully saturated rings. The lowest BCUT2D eigenvalue weighted by Crippen LogP contribution is -2.02. The van der Waals surface area contributed by atoms with Crippen molar-refractivity contribution in [3.63, 3.8) is 0 Å². The zero-order chi connectivity index (χ0) is 11.3. The van der Waals surface area contributed by atoms with Gasteiger partial charge in [0.25, 0.3) is 0 Å². The van der Waals surface area contributed by atoms with Gasteiger partial charge in [-0.05, 0) is 35.9 Å². The number of hydrogen-bond donors (Lipinski definition) is 0. The molecule has 0 saturated heterocycles. The van der Waals surface area contributed by atoms with E-state index in [0.29, 0.717) is 5.56 Å². The highest BCUT2D eigenvalue weighted by molar-refractivity contribution is 7.99. The molecule has 0 atom stereocenters. The largest absolute Gasteiger partial charge is 0.465 e. The molecule has 0 aliphatic rings. The lowest BCUT2D eigenvalue weighted by Gasteiger charge is -2.06. The maximum atomic E-state index is 11.4. The van der Waals surface area contributed by atoms with Crippen LogP contribution in [0.25, 0.3) is 0 Å². The molecule has 0 aromatic heterocycles. The molecule has 0 spiro atoms. The predicted molar refractivity (Wildman–Crippen MR) is 63.6 cm³/mol.